The minimum atomic E-state index is -4.44. The molecule has 11 heteroatoms. The maximum atomic E-state index is 12.8. The summed E-state index contributed by atoms with van der Waals surface area (Å²) in [5, 5.41) is 24.0. The summed E-state index contributed by atoms with van der Waals surface area (Å²) in [6.45, 7) is 2.96. The Hall–Kier alpha value is -2.95. The van der Waals surface area contributed by atoms with Gasteiger partial charge < -0.3 is 15.1 Å². The van der Waals surface area contributed by atoms with E-state index in [1.807, 2.05) is 4.90 Å². The van der Waals surface area contributed by atoms with Crippen molar-refractivity contribution in [1.82, 2.24) is 14.7 Å². The van der Waals surface area contributed by atoms with Gasteiger partial charge in [0.25, 0.3) is 0 Å². The lowest BCUT2D eigenvalue weighted by molar-refractivity contribution is -0.143. The van der Waals surface area contributed by atoms with Crippen molar-refractivity contribution < 1.29 is 28.2 Å². The van der Waals surface area contributed by atoms with Gasteiger partial charge in [0.15, 0.2) is 5.75 Å². The highest BCUT2D eigenvalue weighted by atomic mass is 32.1. The molecule has 3 rings (SSSR count). The van der Waals surface area contributed by atoms with Crippen molar-refractivity contribution in [3.8, 4) is 17.0 Å². The van der Waals surface area contributed by atoms with Gasteiger partial charge in [-0.2, -0.15) is 18.3 Å². The number of aromatic nitrogens is 2. The number of aromatic hydroxyl groups is 1. The van der Waals surface area contributed by atoms with Gasteiger partial charge in [0, 0.05) is 25.7 Å². The van der Waals surface area contributed by atoms with Crippen molar-refractivity contribution in [2.75, 3.05) is 19.6 Å². The lowest BCUT2D eigenvalue weighted by Crippen LogP contribution is -2.40. The first-order valence-corrected chi connectivity index (χ1v) is 10.4. The number of carbonyl (C=O) groups is 1. The molecule has 2 N–H and O–H groups in total. The number of thiocarbonyl (C=S) groups is 1. The number of alkyl halides is 3. The maximum absolute atomic E-state index is 12.8. The van der Waals surface area contributed by atoms with Crippen molar-refractivity contribution in [3.05, 3.63) is 35.5 Å². The molecule has 1 aromatic carbocycles. The highest BCUT2D eigenvalue weighted by Gasteiger charge is 2.30. The van der Waals surface area contributed by atoms with E-state index in [2.05, 4.69) is 10.1 Å². The topological polar surface area (TPSA) is 91.0 Å². The number of halogens is 3. The van der Waals surface area contributed by atoms with Crippen LogP contribution in [0.1, 0.15) is 31.0 Å². The number of piperidine rings is 1. The number of benzene rings is 1. The smallest absolute Gasteiger partial charge is 0.416 e. The Morgan fingerprint density at radius 3 is 2.38 bits per heavy atom. The van der Waals surface area contributed by atoms with Crippen LogP contribution in [0.25, 0.3) is 11.3 Å². The van der Waals surface area contributed by atoms with E-state index in [1.54, 1.807) is 14.0 Å². The van der Waals surface area contributed by atoms with Crippen LogP contribution in [-0.4, -0.2) is 61.2 Å². The lowest BCUT2D eigenvalue weighted by Gasteiger charge is -2.31. The van der Waals surface area contributed by atoms with Crippen molar-refractivity contribution in [1.29, 1.82) is 0 Å². The van der Waals surface area contributed by atoms with E-state index < -0.39 is 17.7 Å². The summed E-state index contributed by atoms with van der Waals surface area (Å²) in [6, 6.07) is 4.47. The zero-order valence-corrected chi connectivity index (χ0v) is 18.4. The van der Waals surface area contributed by atoms with Crippen molar-refractivity contribution >= 4 is 28.9 Å². The van der Waals surface area contributed by atoms with Crippen LogP contribution in [0.4, 0.5) is 13.2 Å². The summed E-state index contributed by atoms with van der Waals surface area (Å²) in [5.41, 5.74) is 0.540. The Labute approximate surface area is 188 Å². The summed E-state index contributed by atoms with van der Waals surface area (Å²) in [4.78, 5) is 18.0. The Morgan fingerprint density at radius 2 is 1.84 bits per heavy atom. The number of nitrogens with zero attached hydrogens (tertiary/aromatic N) is 4. The fourth-order valence-corrected chi connectivity index (χ4v) is 3.88. The molecule has 0 radical (unpaired) electrons. The number of likely N-dealkylation sites (tertiary alicyclic amines) is 1. The lowest BCUT2D eigenvalue weighted by atomic mass is 9.97. The second-order valence-electron chi connectivity index (χ2n) is 7.64. The van der Waals surface area contributed by atoms with Crippen LogP contribution < -0.4 is 0 Å². The standard InChI is InChI=1S/C21H23F3N4O3S/c1-12(25-11-16(32)28-9-7-14(8-10-28)20(30)31)17-19(29)18(27(2)26-17)13-3-5-15(6-4-13)21(22,23)24/h3-6,14,29H,7-11H2,1-2H3,(H,30,31). The first kappa shape index (κ1) is 23.7. The van der Waals surface area contributed by atoms with Gasteiger partial charge in [-0.1, -0.05) is 24.4 Å². The largest absolute Gasteiger partial charge is 0.504 e. The first-order valence-electron chi connectivity index (χ1n) is 9.94. The normalized spacial score (nSPS) is 15.8. The molecule has 7 nitrogen and oxygen atoms in total. The van der Waals surface area contributed by atoms with E-state index in [1.165, 1.54) is 16.8 Å². The van der Waals surface area contributed by atoms with Crippen LogP contribution >= 0.6 is 12.2 Å². The molecule has 1 aromatic heterocycles. The number of aryl methyl sites for hydroxylation is 1. The molecule has 0 aliphatic carbocycles. The van der Waals surface area contributed by atoms with E-state index in [0.29, 0.717) is 42.2 Å². The first-order chi connectivity index (χ1) is 15.0. The molecule has 0 atom stereocenters. The average molecular weight is 469 g/mol. The minimum Gasteiger partial charge on any atom is -0.504 e. The molecule has 172 valence electrons. The van der Waals surface area contributed by atoms with Crippen LogP contribution in [0.2, 0.25) is 0 Å². The summed E-state index contributed by atoms with van der Waals surface area (Å²) >= 11 is 5.42. The molecule has 1 fully saturated rings. The quantitative estimate of drug-likeness (QED) is 0.513. The van der Waals surface area contributed by atoms with Gasteiger partial charge in [0.2, 0.25) is 0 Å². The predicted octanol–water partition coefficient (Wildman–Crippen LogP) is 3.74. The number of hydrogen-bond donors (Lipinski definition) is 2. The predicted molar refractivity (Wildman–Crippen MR) is 117 cm³/mol. The monoisotopic (exact) mass is 468 g/mol. The molecule has 0 bridgehead atoms. The molecule has 0 unspecified atom stereocenters. The molecule has 2 heterocycles. The number of carboxylic acids is 1. The summed E-state index contributed by atoms with van der Waals surface area (Å²) in [6.07, 6.45) is -3.39. The van der Waals surface area contributed by atoms with Gasteiger partial charge in [-0.15, -0.1) is 0 Å². The molecular formula is C21H23F3N4O3S. The molecule has 2 aromatic rings. The second kappa shape index (κ2) is 9.27. The number of aliphatic carboxylic acids is 1. The molecule has 1 saturated heterocycles. The third kappa shape index (κ3) is 5.09. The highest BCUT2D eigenvalue weighted by molar-refractivity contribution is 7.80. The molecule has 1 aliphatic heterocycles. The fraction of sp³-hybridized carbons (Fsp3) is 0.429. The molecule has 0 saturated carbocycles. The van der Waals surface area contributed by atoms with E-state index in [0.717, 1.165) is 12.1 Å². The van der Waals surface area contributed by atoms with Crippen LogP contribution in [0, 0.1) is 5.92 Å². The summed E-state index contributed by atoms with van der Waals surface area (Å²) in [5.74, 6) is -1.33. The zero-order chi connectivity index (χ0) is 23.6. The zero-order valence-electron chi connectivity index (χ0n) is 17.6. The Kier molecular flexibility index (Phi) is 6.87. The Balaban J connectivity index is 1.72. The van der Waals surface area contributed by atoms with Gasteiger partial charge in [-0.3, -0.25) is 14.5 Å². The van der Waals surface area contributed by atoms with E-state index in [9.17, 15) is 23.1 Å². The number of aliphatic imine (C=N–C) groups is 1. The van der Waals surface area contributed by atoms with E-state index >= 15 is 0 Å². The molecule has 0 spiro atoms. The fourth-order valence-electron chi connectivity index (χ4n) is 3.63. The van der Waals surface area contributed by atoms with Crippen molar-refractivity contribution in [2.24, 2.45) is 18.0 Å². The summed E-state index contributed by atoms with van der Waals surface area (Å²) < 4.78 is 39.8. The molecule has 1 aliphatic rings. The van der Waals surface area contributed by atoms with Gasteiger partial charge in [0.05, 0.1) is 28.7 Å². The third-order valence-electron chi connectivity index (χ3n) is 5.50. The Bertz CT molecular complexity index is 1040. The third-order valence-corrected chi connectivity index (χ3v) is 5.89. The van der Waals surface area contributed by atoms with Gasteiger partial charge in [0.1, 0.15) is 11.4 Å². The molecule has 32 heavy (non-hydrogen) atoms. The number of rotatable bonds is 5. The molecular weight excluding hydrogens is 445 g/mol. The van der Waals surface area contributed by atoms with Crippen LogP contribution in [0.3, 0.4) is 0 Å². The SMILES string of the molecule is CC(=NCC(=S)N1CCC(C(=O)O)CC1)c1nn(C)c(-c2ccc(C(F)(F)F)cc2)c1O. The van der Waals surface area contributed by atoms with E-state index in [4.69, 9.17) is 17.3 Å². The second-order valence-corrected chi connectivity index (χ2v) is 8.11. The van der Waals surface area contributed by atoms with Gasteiger partial charge in [-0.25, -0.2) is 0 Å². The van der Waals surface area contributed by atoms with Crippen molar-refractivity contribution in [2.45, 2.75) is 25.9 Å². The minimum absolute atomic E-state index is 0.179. The van der Waals surface area contributed by atoms with Gasteiger partial charge in [-0.05, 0) is 31.9 Å². The Morgan fingerprint density at radius 1 is 1.25 bits per heavy atom. The van der Waals surface area contributed by atoms with Crippen LogP contribution in [0.5, 0.6) is 5.75 Å². The number of hydrogen-bond acceptors (Lipinski definition) is 5. The van der Waals surface area contributed by atoms with Crippen LogP contribution in [-0.2, 0) is 18.0 Å². The summed E-state index contributed by atoms with van der Waals surface area (Å²) in [7, 11) is 1.58. The maximum Gasteiger partial charge on any atom is 0.416 e. The average Bonchev–Trinajstić information content (AvgIpc) is 3.05. The van der Waals surface area contributed by atoms with Gasteiger partial charge >= 0.3 is 12.1 Å². The molecule has 0 amide bonds. The van der Waals surface area contributed by atoms with E-state index in [-0.39, 0.29) is 29.6 Å². The van der Waals surface area contributed by atoms with Crippen LogP contribution in [0.15, 0.2) is 29.3 Å². The highest BCUT2D eigenvalue weighted by Crippen LogP contribution is 2.35. The number of carboxylic acid groups (broad SMARTS) is 1. The van der Waals surface area contributed by atoms with Crippen molar-refractivity contribution in [3.63, 3.8) is 0 Å².